The molecule has 0 aliphatic rings. The van der Waals surface area contributed by atoms with Crippen LogP contribution in [0.25, 0.3) is 0 Å². The fourth-order valence-electron chi connectivity index (χ4n) is 1.36. The van der Waals surface area contributed by atoms with Crippen LogP contribution in [-0.4, -0.2) is 21.2 Å². The van der Waals surface area contributed by atoms with Gasteiger partial charge < -0.3 is 9.63 Å². The molecular formula is C11H11N3O3. The fourth-order valence-corrected chi connectivity index (χ4v) is 1.36. The highest BCUT2D eigenvalue weighted by atomic mass is 16.5. The summed E-state index contributed by atoms with van der Waals surface area (Å²) >= 11 is 0. The number of aromatic nitrogens is 2. The third-order valence-electron chi connectivity index (χ3n) is 2.05. The Bertz CT molecular complexity index is 536. The molecule has 2 aromatic rings. The second-order valence-electron chi connectivity index (χ2n) is 3.54. The number of nitrogens with zero attached hydrogens (tertiary/aromatic N) is 2. The number of carbonyl (C=O) groups excluding carboxylic acids is 1. The molecule has 1 aromatic carbocycles. The standard InChI is InChI=1S/C11H11N3O3/c1-7-12-11(17-14-7)13-10(16)6-8-3-2-4-9(15)5-8/h2-5,15H,6H2,1H3,(H,12,13,14,16). The van der Waals surface area contributed by atoms with Gasteiger partial charge in [0, 0.05) is 0 Å². The van der Waals surface area contributed by atoms with Crippen molar-refractivity contribution in [1.29, 1.82) is 0 Å². The molecule has 6 heteroatoms. The van der Waals surface area contributed by atoms with Gasteiger partial charge in [-0.1, -0.05) is 17.3 Å². The van der Waals surface area contributed by atoms with Crippen molar-refractivity contribution >= 4 is 11.9 Å². The number of nitrogens with one attached hydrogen (secondary N) is 1. The van der Waals surface area contributed by atoms with E-state index in [2.05, 4.69) is 15.5 Å². The first-order valence-corrected chi connectivity index (χ1v) is 5.01. The average molecular weight is 233 g/mol. The van der Waals surface area contributed by atoms with Crippen LogP contribution in [-0.2, 0) is 11.2 Å². The molecule has 0 radical (unpaired) electrons. The zero-order valence-electron chi connectivity index (χ0n) is 9.17. The summed E-state index contributed by atoms with van der Waals surface area (Å²) in [6.45, 7) is 1.66. The molecule has 1 heterocycles. The zero-order chi connectivity index (χ0) is 12.3. The van der Waals surface area contributed by atoms with Crippen molar-refractivity contribution in [2.45, 2.75) is 13.3 Å². The van der Waals surface area contributed by atoms with Crippen molar-refractivity contribution in [1.82, 2.24) is 10.1 Å². The topological polar surface area (TPSA) is 88.2 Å². The van der Waals surface area contributed by atoms with Gasteiger partial charge in [0.2, 0.25) is 5.91 Å². The Balaban J connectivity index is 1.98. The molecular weight excluding hydrogens is 222 g/mol. The first kappa shape index (κ1) is 11.1. The van der Waals surface area contributed by atoms with Crippen LogP contribution in [0.1, 0.15) is 11.4 Å². The molecule has 0 fully saturated rings. The van der Waals surface area contributed by atoms with E-state index in [0.717, 1.165) is 0 Å². The van der Waals surface area contributed by atoms with Gasteiger partial charge in [0.15, 0.2) is 5.82 Å². The van der Waals surface area contributed by atoms with Gasteiger partial charge in [0.05, 0.1) is 6.42 Å². The van der Waals surface area contributed by atoms with Crippen molar-refractivity contribution in [3.8, 4) is 5.75 Å². The third kappa shape index (κ3) is 3.04. The van der Waals surface area contributed by atoms with E-state index in [1.807, 2.05) is 0 Å². The highest BCUT2D eigenvalue weighted by Gasteiger charge is 2.08. The van der Waals surface area contributed by atoms with Crippen molar-refractivity contribution < 1.29 is 14.4 Å². The molecule has 88 valence electrons. The van der Waals surface area contributed by atoms with E-state index in [0.29, 0.717) is 11.4 Å². The summed E-state index contributed by atoms with van der Waals surface area (Å²) < 4.78 is 4.75. The van der Waals surface area contributed by atoms with Gasteiger partial charge in [-0.05, 0) is 24.6 Å². The number of benzene rings is 1. The third-order valence-corrected chi connectivity index (χ3v) is 2.05. The first-order valence-electron chi connectivity index (χ1n) is 5.01. The van der Waals surface area contributed by atoms with E-state index < -0.39 is 0 Å². The molecule has 2 N–H and O–H groups in total. The summed E-state index contributed by atoms with van der Waals surface area (Å²) in [4.78, 5) is 15.4. The molecule has 17 heavy (non-hydrogen) atoms. The van der Waals surface area contributed by atoms with Gasteiger partial charge >= 0.3 is 6.01 Å². The molecule has 0 unspecified atom stereocenters. The molecule has 2 rings (SSSR count). The maximum Gasteiger partial charge on any atom is 0.328 e. The minimum atomic E-state index is -0.278. The van der Waals surface area contributed by atoms with E-state index in [4.69, 9.17) is 4.52 Å². The number of aromatic hydroxyl groups is 1. The molecule has 0 spiro atoms. The molecule has 0 atom stereocenters. The SMILES string of the molecule is Cc1noc(NC(=O)Cc2cccc(O)c2)n1. The van der Waals surface area contributed by atoms with Crippen molar-refractivity contribution in [3.63, 3.8) is 0 Å². The predicted molar refractivity (Wildman–Crippen MR) is 59.5 cm³/mol. The minimum absolute atomic E-state index is 0.0765. The lowest BCUT2D eigenvalue weighted by Gasteiger charge is -2.01. The fraction of sp³-hybridized carbons (Fsp3) is 0.182. The summed E-state index contributed by atoms with van der Waals surface area (Å²) in [5, 5.41) is 15.3. The lowest BCUT2D eigenvalue weighted by atomic mass is 10.1. The predicted octanol–water partition coefficient (Wildman–Crippen LogP) is 1.26. The number of amides is 1. The summed E-state index contributed by atoms with van der Waals surface area (Å²) in [6.07, 6.45) is 0.135. The highest BCUT2D eigenvalue weighted by molar-refractivity contribution is 5.90. The van der Waals surface area contributed by atoms with E-state index in [-0.39, 0.29) is 24.1 Å². The summed E-state index contributed by atoms with van der Waals surface area (Å²) in [6, 6.07) is 6.57. The molecule has 0 saturated heterocycles. The van der Waals surface area contributed by atoms with E-state index in [1.54, 1.807) is 25.1 Å². The number of aryl methyl sites for hydroxylation is 1. The molecule has 1 aromatic heterocycles. The van der Waals surface area contributed by atoms with E-state index in [9.17, 15) is 9.90 Å². The second-order valence-corrected chi connectivity index (χ2v) is 3.54. The molecule has 0 bridgehead atoms. The molecule has 1 amide bonds. The number of hydrogen-bond donors (Lipinski definition) is 2. The highest BCUT2D eigenvalue weighted by Crippen LogP contribution is 2.12. The van der Waals surface area contributed by atoms with Crippen LogP contribution in [0.3, 0.4) is 0 Å². The van der Waals surface area contributed by atoms with Crippen molar-refractivity contribution in [2.24, 2.45) is 0 Å². The molecule has 6 nitrogen and oxygen atoms in total. The lowest BCUT2D eigenvalue weighted by molar-refractivity contribution is -0.115. The normalized spacial score (nSPS) is 10.2. The Kier molecular flexibility index (Phi) is 3.04. The molecule has 0 aliphatic carbocycles. The van der Waals surface area contributed by atoms with Gasteiger partial charge in [0.25, 0.3) is 0 Å². The van der Waals surface area contributed by atoms with E-state index >= 15 is 0 Å². The maximum absolute atomic E-state index is 11.6. The van der Waals surface area contributed by atoms with Gasteiger partial charge in [0.1, 0.15) is 5.75 Å². The number of rotatable bonds is 3. The largest absolute Gasteiger partial charge is 0.508 e. The van der Waals surface area contributed by atoms with Gasteiger partial charge in [-0.3, -0.25) is 10.1 Å². The summed E-state index contributed by atoms with van der Waals surface area (Å²) in [7, 11) is 0. The minimum Gasteiger partial charge on any atom is -0.508 e. The lowest BCUT2D eigenvalue weighted by Crippen LogP contribution is -2.14. The van der Waals surface area contributed by atoms with Crippen molar-refractivity contribution in [2.75, 3.05) is 5.32 Å². The van der Waals surface area contributed by atoms with Crippen LogP contribution in [0.4, 0.5) is 6.01 Å². The van der Waals surface area contributed by atoms with Crippen LogP contribution in [0, 0.1) is 6.92 Å². The van der Waals surface area contributed by atoms with Gasteiger partial charge in [-0.25, -0.2) is 0 Å². The number of hydrogen-bond acceptors (Lipinski definition) is 5. The average Bonchev–Trinajstić information content (AvgIpc) is 2.63. The smallest absolute Gasteiger partial charge is 0.328 e. The second kappa shape index (κ2) is 4.65. The Morgan fingerprint density at radius 1 is 1.53 bits per heavy atom. The quantitative estimate of drug-likeness (QED) is 0.833. The summed E-state index contributed by atoms with van der Waals surface area (Å²) in [5.41, 5.74) is 0.707. The van der Waals surface area contributed by atoms with Gasteiger partial charge in [-0.15, -0.1) is 0 Å². The Morgan fingerprint density at radius 3 is 3.00 bits per heavy atom. The summed E-state index contributed by atoms with van der Waals surface area (Å²) in [5.74, 6) is 0.306. The van der Waals surface area contributed by atoms with Crippen LogP contribution >= 0.6 is 0 Å². The number of phenolic OH excluding ortho intramolecular Hbond substituents is 1. The number of carbonyl (C=O) groups is 1. The Hall–Kier alpha value is -2.37. The Labute approximate surface area is 97.3 Å². The van der Waals surface area contributed by atoms with Crippen LogP contribution in [0.15, 0.2) is 28.8 Å². The van der Waals surface area contributed by atoms with Crippen molar-refractivity contribution in [3.05, 3.63) is 35.7 Å². The number of anilines is 1. The molecule has 0 aliphatic heterocycles. The van der Waals surface area contributed by atoms with Crippen LogP contribution < -0.4 is 5.32 Å². The number of phenols is 1. The Morgan fingerprint density at radius 2 is 2.35 bits per heavy atom. The van der Waals surface area contributed by atoms with Crippen LogP contribution in [0.2, 0.25) is 0 Å². The maximum atomic E-state index is 11.6. The first-order chi connectivity index (χ1) is 8.13. The van der Waals surface area contributed by atoms with Gasteiger partial charge in [-0.2, -0.15) is 4.98 Å². The monoisotopic (exact) mass is 233 g/mol. The van der Waals surface area contributed by atoms with Crippen LogP contribution in [0.5, 0.6) is 5.75 Å². The zero-order valence-corrected chi connectivity index (χ0v) is 9.17. The molecule has 0 saturated carbocycles. The van der Waals surface area contributed by atoms with E-state index in [1.165, 1.54) is 6.07 Å².